The molecule has 0 heterocycles. The normalized spacial score (nSPS) is 10.4. The fourth-order valence-corrected chi connectivity index (χ4v) is 2.18. The third kappa shape index (κ3) is 3.60. The van der Waals surface area contributed by atoms with Gasteiger partial charge in [0.05, 0.1) is 16.4 Å². The Morgan fingerprint density at radius 1 is 1.10 bits per heavy atom. The number of hydrogen-bond donors (Lipinski definition) is 2. The first-order valence-electron chi connectivity index (χ1n) is 5.80. The lowest BCUT2D eigenvalue weighted by Crippen LogP contribution is -2.10. The molecule has 0 aliphatic heterocycles. The van der Waals surface area contributed by atoms with E-state index in [4.69, 9.17) is 9.84 Å². The van der Waals surface area contributed by atoms with E-state index in [9.17, 15) is 14.7 Å². The van der Waals surface area contributed by atoms with Gasteiger partial charge >= 0.3 is 11.9 Å². The van der Waals surface area contributed by atoms with Crippen molar-refractivity contribution in [1.29, 1.82) is 0 Å². The van der Waals surface area contributed by atoms with Crippen molar-refractivity contribution in [3.05, 3.63) is 33.9 Å². The minimum absolute atomic E-state index is 0.160. The second-order valence-electron chi connectivity index (χ2n) is 4.18. The number of phenolic OH excluding ortho intramolecular Hbond substituents is 1. The van der Waals surface area contributed by atoms with E-state index in [0.717, 1.165) is 14.3 Å². The fourth-order valence-electron chi connectivity index (χ4n) is 1.69. The van der Waals surface area contributed by atoms with Crippen molar-refractivity contribution in [2.24, 2.45) is 0 Å². The Hall–Kier alpha value is -1.83. The van der Waals surface area contributed by atoms with Gasteiger partial charge in [-0.3, -0.25) is 9.59 Å². The predicted molar refractivity (Wildman–Crippen MR) is 80.8 cm³/mol. The number of carboxylic acids is 1. The van der Waals surface area contributed by atoms with Crippen LogP contribution >= 0.6 is 22.6 Å². The molecule has 0 fully saturated rings. The zero-order valence-corrected chi connectivity index (χ0v) is 12.5. The van der Waals surface area contributed by atoms with E-state index in [-0.39, 0.29) is 18.6 Å². The highest BCUT2D eigenvalue weighted by Crippen LogP contribution is 2.28. The number of esters is 1. The molecule has 0 aromatic heterocycles. The molecule has 0 amide bonds. The van der Waals surface area contributed by atoms with Crippen molar-refractivity contribution in [1.82, 2.24) is 0 Å². The van der Waals surface area contributed by atoms with E-state index in [1.165, 1.54) is 0 Å². The molecule has 2 aromatic carbocycles. The SMILES string of the molecule is O=C(O)CCC(=O)Oc1ccc2cc(I)c(O)cc2c1. The van der Waals surface area contributed by atoms with Gasteiger partial charge in [-0.2, -0.15) is 0 Å². The number of carbonyl (C=O) groups is 2. The van der Waals surface area contributed by atoms with Gasteiger partial charge in [0.2, 0.25) is 0 Å². The molecule has 0 atom stereocenters. The Morgan fingerprint density at radius 3 is 2.55 bits per heavy atom. The summed E-state index contributed by atoms with van der Waals surface area (Å²) >= 11 is 2.03. The third-order valence-corrected chi connectivity index (χ3v) is 3.52. The average molecular weight is 386 g/mol. The van der Waals surface area contributed by atoms with Gasteiger partial charge in [0, 0.05) is 0 Å². The van der Waals surface area contributed by atoms with Gasteiger partial charge in [-0.15, -0.1) is 0 Å². The maximum Gasteiger partial charge on any atom is 0.311 e. The Kier molecular flexibility index (Phi) is 4.43. The number of carboxylic acid groups (broad SMARTS) is 1. The first-order chi connectivity index (χ1) is 9.45. The van der Waals surface area contributed by atoms with E-state index < -0.39 is 11.9 Å². The topological polar surface area (TPSA) is 83.8 Å². The summed E-state index contributed by atoms with van der Waals surface area (Å²) in [7, 11) is 0. The minimum atomic E-state index is -1.04. The zero-order valence-electron chi connectivity index (χ0n) is 10.3. The lowest BCUT2D eigenvalue weighted by atomic mass is 10.1. The second kappa shape index (κ2) is 6.08. The molecule has 0 bridgehead atoms. The fraction of sp³-hybridized carbons (Fsp3) is 0.143. The molecule has 0 saturated carbocycles. The van der Waals surface area contributed by atoms with Crippen molar-refractivity contribution in [2.75, 3.05) is 0 Å². The summed E-state index contributed by atoms with van der Waals surface area (Å²) in [5.41, 5.74) is 0. The summed E-state index contributed by atoms with van der Waals surface area (Å²) in [5, 5.41) is 19.8. The predicted octanol–water partition coefficient (Wildman–Crippen LogP) is 2.92. The van der Waals surface area contributed by atoms with Gasteiger partial charge in [0.1, 0.15) is 11.5 Å². The smallest absolute Gasteiger partial charge is 0.311 e. The molecule has 2 aromatic rings. The van der Waals surface area contributed by atoms with Crippen molar-refractivity contribution in [2.45, 2.75) is 12.8 Å². The summed E-state index contributed by atoms with van der Waals surface area (Å²) in [6.07, 6.45) is -0.434. The van der Waals surface area contributed by atoms with Crippen LogP contribution < -0.4 is 4.74 Å². The van der Waals surface area contributed by atoms with E-state index >= 15 is 0 Å². The number of ether oxygens (including phenoxy) is 1. The molecular formula is C14H11IO5. The molecule has 20 heavy (non-hydrogen) atoms. The van der Waals surface area contributed by atoms with Crippen molar-refractivity contribution >= 4 is 45.3 Å². The number of rotatable bonds is 4. The van der Waals surface area contributed by atoms with Crippen LogP contribution in [0.2, 0.25) is 0 Å². The van der Waals surface area contributed by atoms with E-state index in [1.807, 2.05) is 28.7 Å². The Bertz CT molecular complexity index is 681. The van der Waals surface area contributed by atoms with Crippen molar-refractivity contribution < 1.29 is 24.5 Å². The molecule has 0 saturated heterocycles. The molecule has 5 nitrogen and oxygen atoms in total. The van der Waals surface area contributed by atoms with Gasteiger partial charge in [-0.1, -0.05) is 6.07 Å². The van der Waals surface area contributed by atoms with Gasteiger partial charge in [0.25, 0.3) is 0 Å². The van der Waals surface area contributed by atoms with Gasteiger partial charge < -0.3 is 14.9 Å². The standard InChI is InChI=1S/C14H11IO5/c15-11-6-8-1-2-10(5-9(8)7-12(11)16)20-14(19)4-3-13(17)18/h1-2,5-7,16H,3-4H2,(H,17,18). The molecule has 0 spiro atoms. The lowest BCUT2D eigenvalue weighted by molar-refractivity contribution is -0.142. The largest absolute Gasteiger partial charge is 0.507 e. The number of aliphatic carboxylic acids is 1. The first-order valence-corrected chi connectivity index (χ1v) is 6.88. The molecule has 2 rings (SSSR count). The molecular weight excluding hydrogens is 375 g/mol. The van der Waals surface area contributed by atoms with Crippen LogP contribution in [0.1, 0.15) is 12.8 Å². The maximum absolute atomic E-state index is 11.4. The number of carbonyl (C=O) groups excluding carboxylic acids is 1. The highest BCUT2D eigenvalue weighted by Gasteiger charge is 2.09. The molecule has 0 radical (unpaired) electrons. The molecule has 0 unspecified atom stereocenters. The highest BCUT2D eigenvalue weighted by molar-refractivity contribution is 14.1. The lowest BCUT2D eigenvalue weighted by Gasteiger charge is -2.06. The van der Waals surface area contributed by atoms with Crippen molar-refractivity contribution in [3.8, 4) is 11.5 Å². The second-order valence-corrected chi connectivity index (χ2v) is 5.34. The first kappa shape index (κ1) is 14.6. The zero-order chi connectivity index (χ0) is 14.7. The van der Waals surface area contributed by atoms with Crippen LogP contribution in [0.3, 0.4) is 0 Å². The summed E-state index contributed by atoms with van der Waals surface area (Å²) < 4.78 is 5.79. The number of benzene rings is 2. The van der Waals surface area contributed by atoms with Crippen molar-refractivity contribution in [3.63, 3.8) is 0 Å². The summed E-state index contributed by atoms with van der Waals surface area (Å²) in [4.78, 5) is 21.8. The molecule has 6 heteroatoms. The number of aromatic hydroxyl groups is 1. The average Bonchev–Trinajstić information content (AvgIpc) is 2.38. The van der Waals surface area contributed by atoms with Gasteiger partial charge in [-0.25, -0.2) is 0 Å². The van der Waals surface area contributed by atoms with E-state index in [0.29, 0.717) is 5.75 Å². The van der Waals surface area contributed by atoms with E-state index in [2.05, 4.69) is 0 Å². The van der Waals surface area contributed by atoms with Gasteiger partial charge in [0.15, 0.2) is 0 Å². The van der Waals surface area contributed by atoms with E-state index in [1.54, 1.807) is 24.3 Å². The molecule has 104 valence electrons. The third-order valence-electron chi connectivity index (χ3n) is 2.65. The Morgan fingerprint density at radius 2 is 1.85 bits per heavy atom. The maximum atomic E-state index is 11.4. The number of phenols is 1. The van der Waals surface area contributed by atoms with Crippen LogP contribution in [-0.2, 0) is 9.59 Å². The van der Waals surface area contributed by atoms with Crippen LogP contribution in [0, 0.1) is 3.57 Å². The number of halogens is 1. The monoisotopic (exact) mass is 386 g/mol. The Labute approximate surface area is 128 Å². The van der Waals surface area contributed by atoms with Crippen LogP contribution in [0.5, 0.6) is 11.5 Å². The molecule has 0 aliphatic carbocycles. The molecule has 2 N–H and O–H groups in total. The summed E-state index contributed by atoms with van der Waals surface area (Å²) in [6, 6.07) is 8.45. The molecule has 0 aliphatic rings. The number of hydrogen-bond acceptors (Lipinski definition) is 4. The number of fused-ring (bicyclic) bond motifs is 1. The summed E-state index contributed by atoms with van der Waals surface area (Å²) in [6.45, 7) is 0. The Balaban J connectivity index is 2.17. The quantitative estimate of drug-likeness (QED) is 0.480. The highest BCUT2D eigenvalue weighted by atomic mass is 127. The van der Waals surface area contributed by atoms with Crippen LogP contribution in [0.4, 0.5) is 0 Å². The van der Waals surface area contributed by atoms with Crippen LogP contribution in [0.15, 0.2) is 30.3 Å². The van der Waals surface area contributed by atoms with Crippen LogP contribution in [0.25, 0.3) is 10.8 Å². The summed E-state index contributed by atoms with van der Waals surface area (Å²) in [5.74, 6) is -1.15. The van der Waals surface area contributed by atoms with Crippen LogP contribution in [-0.4, -0.2) is 22.2 Å². The van der Waals surface area contributed by atoms with Gasteiger partial charge in [-0.05, 0) is 57.6 Å². The minimum Gasteiger partial charge on any atom is -0.507 e.